The van der Waals surface area contributed by atoms with Gasteiger partial charge in [-0.25, -0.2) is 9.40 Å². The molecule has 1 aliphatic heterocycles. The SMILES string of the molecule is O=C(N[C@H](c1ccc(F)cc1)c1cccs1)c1cccc(N2NC(=O)[C@@H]3CC=CC[C@H]3C2=O)c1. The Balaban J connectivity index is 1.40. The molecule has 2 aliphatic rings. The summed E-state index contributed by atoms with van der Waals surface area (Å²) in [5.74, 6) is -1.84. The van der Waals surface area contributed by atoms with Gasteiger partial charge in [0.15, 0.2) is 0 Å². The number of nitrogens with zero attached hydrogens (tertiary/aromatic N) is 1. The molecule has 3 aromatic rings. The Morgan fingerprint density at radius 2 is 1.79 bits per heavy atom. The van der Waals surface area contributed by atoms with E-state index in [1.54, 1.807) is 36.4 Å². The second-order valence-corrected chi connectivity index (χ2v) is 9.31. The van der Waals surface area contributed by atoms with Crippen LogP contribution in [-0.4, -0.2) is 17.7 Å². The van der Waals surface area contributed by atoms with E-state index in [0.717, 1.165) is 10.4 Å². The van der Waals surface area contributed by atoms with Gasteiger partial charge in [0.1, 0.15) is 5.82 Å². The molecule has 2 heterocycles. The third-order valence-corrected chi connectivity index (χ3v) is 7.14. The fourth-order valence-electron chi connectivity index (χ4n) is 4.41. The molecule has 34 heavy (non-hydrogen) atoms. The standard InChI is InChI=1S/C26H22FN3O3S/c27-18-12-10-16(11-13-18)23(22-9-4-14-34-22)28-24(31)17-5-3-6-19(15-17)30-26(33)21-8-2-1-7-20(21)25(32)29-30/h1-6,9-15,20-21,23H,7-8H2,(H,28,31)(H,29,32)/t20-,21-,23-/m1/s1. The minimum absolute atomic E-state index is 0.186. The molecule has 0 spiro atoms. The third-order valence-electron chi connectivity index (χ3n) is 6.20. The predicted octanol–water partition coefficient (Wildman–Crippen LogP) is 4.37. The van der Waals surface area contributed by atoms with Gasteiger partial charge < -0.3 is 5.32 Å². The number of amides is 3. The number of halogens is 1. The smallest absolute Gasteiger partial charge is 0.252 e. The number of nitrogens with one attached hydrogen (secondary N) is 2. The van der Waals surface area contributed by atoms with E-state index in [9.17, 15) is 18.8 Å². The molecule has 2 aromatic carbocycles. The molecule has 1 aromatic heterocycles. The molecule has 0 unspecified atom stereocenters. The molecule has 6 nitrogen and oxygen atoms in total. The van der Waals surface area contributed by atoms with E-state index >= 15 is 0 Å². The number of hydrazine groups is 1. The van der Waals surface area contributed by atoms with Gasteiger partial charge >= 0.3 is 0 Å². The van der Waals surface area contributed by atoms with Crippen molar-refractivity contribution < 1.29 is 18.8 Å². The van der Waals surface area contributed by atoms with E-state index < -0.39 is 12.0 Å². The maximum Gasteiger partial charge on any atom is 0.252 e. The van der Waals surface area contributed by atoms with Crippen LogP contribution in [0.1, 0.15) is 39.7 Å². The van der Waals surface area contributed by atoms with E-state index in [2.05, 4.69) is 10.7 Å². The molecule has 8 heteroatoms. The normalized spacial score (nSPS) is 20.4. The van der Waals surface area contributed by atoms with Gasteiger partial charge in [0.05, 0.1) is 23.6 Å². The fraction of sp³-hybridized carbons (Fsp3) is 0.192. The number of allylic oxidation sites excluding steroid dienone is 2. The van der Waals surface area contributed by atoms with Crippen LogP contribution >= 0.6 is 11.3 Å². The number of thiophene rings is 1. The van der Waals surface area contributed by atoms with Crippen molar-refractivity contribution in [3.63, 3.8) is 0 Å². The summed E-state index contributed by atoms with van der Waals surface area (Å²) < 4.78 is 13.5. The quantitative estimate of drug-likeness (QED) is 0.538. The number of carbonyl (C=O) groups is 3. The van der Waals surface area contributed by atoms with Gasteiger partial charge in [0.2, 0.25) is 11.8 Å². The first-order valence-electron chi connectivity index (χ1n) is 11.0. The number of benzene rings is 2. The van der Waals surface area contributed by atoms with E-state index in [0.29, 0.717) is 24.1 Å². The first-order valence-corrected chi connectivity index (χ1v) is 11.9. The fourth-order valence-corrected chi connectivity index (χ4v) is 5.22. The topological polar surface area (TPSA) is 78.5 Å². The average Bonchev–Trinajstić information content (AvgIpc) is 3.40. The summed E-state index contributed by atoms with van der Waals surface area (Å²) in [5, 5.41) is 6.18. The largest absolute Gasteiger partial charge is 0.340 e. The molecule has 0 radical (unpaired) electrons. The molecule has 2 N–H and O–H groups in total. The summed E-state index contributed by atoms with van der Waals surface area (Å²) in [4.78, 5) is 39.8. The highest BCUT2D eigenvalue weighted by Crippen LogP contribution is 2.33. The highest BCUT2D eigenvalue weighted by atomic mass is 32.1. The first-order chi connectivity index (χ1) is 16.5. The van der Waals surface area contributed by atoms with Crippen LogP contribution in [0.15, 0.2) is 78.2 Å². The lowest BCUT2D eigenvalue weighted by molar-refractivity contribution is -0.139. The Kier molecular flexibility index (Phi) is 5.98. The van der Waals surface area contributed by atoms with Crippen molar-refractivity contribution in [2.24, 2.45) is 11.8 Å². The minimum Gasteiger partial charge on any atom is -0.340 e. The van der Waals surface area contributed by atoms with Crippen LogP contribution in [0, 0.1) is 17.7 Å². The molecular weight excluding hydrogens is 453 g/mol. The lowest BCUT2D eigenvalue weighted by atomic mass is 9.80. The lowest BCUT2D eigenvalue weighted by Crippen LogP contribution is -2.59. The van der Waals surface area contributed by atoms with Crippen molar-refractivity contribution >= 4 is 34.7 Å². The minimum atomic E-state index is -0.456. The number of anilines is 1. The average molecular weight is 476 g/mol. The molecule has 0 bridgehead atoms. The van der Waals surface area contributed by atoms with Gasteiger partial charge in [-0.2, -0.15) is 0 Å². The summed E-state index contributed by atoms with van der Waals surface area (Å²) in [6.07, 6.45) is 4.93. The van der Waals surface area contributed by atoms with Crippen LogP contribution < -0.4 is 15.8 Å². The Bertz CT molecular complexity index is 1260. The number of hydrogen-bond donors (Lipinski definition) is 2. The van der Waals surface area contributed by atoms with Crippen molar-refractivity contribution in [2.75, 3.05) is 5.01 Å². The Hall–Kier alpha value is -3.78. The summed E-state index contributed by atoms with van der Waals surface area (Å²) in [6, 6.07) is 16.0. The van der Waals surface area contributed by atoms with Gasteiger partial charge in [0.25, 0.3) is 5.91 Å². The molecule has 1 aliphatic carbocycles. The molecule has 1 fully saturated rings. The summed E-state index contributed by atoms with van der Waals surface area (Å²) >= 11 is 1.49. The van der Waals surface area contributed by atoms with Crippen LogP contribution in [0.2, 0.25) is 0 Å². The first kappa shape index (κ1) is 22.0. The van der Waals surface area contributed by atoms with Gasteiger partial charge in [-0.05, 0) is 60.2 Å². The zero-order valence-corrected chi connectivity index (χ0v) is 18.9. The monoisotopic (exact) mass is 475 g/mol. The van der Waals surface area contributed by atoms with Gasteiger partial charge in [-0.3, -0.25) is 19.8 Å². The van der Waals surface area contributed by atoms with Crippen molar-refractivity contribution in [3.8, 4) is 0 Å². The Labute approximate surface area is 200 Å². The highest BCUT2D eigenvalue weighted by molar-refractivity contribution is 7.10. The Morgan fingerprint density at radius 1 is 1.03 bits per heavy atom. The van der Waals surface area contributed by atoms with E-state index in [-0.39, 0.29) is 29.5 Å². The summed E-state index contributed by atoms with van der Waals surface area (Å²) in [6.45, 7) is 0. The van der Waals surface area contributed by atoms with Crippen molar-refractivity contribution in [1.29, 1.82) is 0 Å². The van der Waals surface area contributed by atoms with Crippen molar-refractivity contribution in [2.45, 2.75) is 18.9 Å². The Morgan fingerprint density at radius 3 is 2.53 bits per heavy atom. The van der Waals surface area contributed by atoms with Crippen LogP contribution in [0.4, 0.5) is 10.1 Å². The number of carbonyl (C=O) groups excluding carboxylic acids is 3. The van der Waals surface area contributed by atoms with Crippen LogP contribution in [0.5, 0.6) is 0 Å². The van der Waals surface area contributed by atoms with Crippen LogP contribution in [-0.2, 0) is 9.59 Å². The van der Waals surface area contributed by atoms with E-state index in [4.69, 9.17) is 0 Å². The number of fused-ring (bicyclic) bond motifs is 1. The third kappa shape index (κ3) is 4.24. The van der Waals surface area contributed by atoms with Crippen LogP contribution in [0.25, 0.3) is 0 Å². The number of rotatable bonds is 5. The maximum atomic E-state index is 13.5. The van der Waals surface area contributed by atoms with Gasteiger partial charge in [0, 0.05) is 10.4 Å². The molecule has 0 saturated carbocycles. The zero-order chi connectivity index (χ0) is 23.7. The molecule has 5 rings (SSSR count). The van der Waals surface area contributed by atoms with E-state index in [1.165, 1.54) is 28.5 Å². The van der Waals surface area contributed by atoms with Crippen LogP contribution in [0.3, 0.4) is 0 Å². The second kappa shape index (κ2) is 9.23. The highest BCUT2D eigenvalue weighted by Gasteiger charge is 2.42. The molecule has 1 saturated heterocycles. The summed E-state index contributed by atoms with van der Waals surface area (Å²) in [7, 11) is 0. The molecule has 172 valence electrons. The number of hydrogen-bond acceptors (Lipinski definition) is 4. The zero-order valence-electron chi connectivity index (χ0n) is 18.1. The predicted molar refractivity (Wildman–Crippen MR) is 127 cm³/mol. The molecular formula is C26H22FN3O3S. The van der Waals surface area contributed by atoms with Crippen molar-refractivity contribution in [3.05, 3.63) is 100 Å². The second-order valence-electron chi connectivity index (χ2n) is 8.33. The molecule has 3 amide bonds. The summed E-state index contributed by atoms with van der Waals surface area (Å²) in [5.41, 5.74) is 4.21. The molecule has 3 atom stereocenters. The van der Waals surface area contributed by atoms with E-state index in [1.807, 2.05) is 29.7 Å². The maximum absolute atomic E-state index is 13.5. The van der Waals surface area contributed by atoms with Gasteiger partial charge in [-0.15, -0.1) is 11.3 Å². The van der Waals surface area contributed by atoms with Gasteiger partial charge in [-0.1, -0.05) is 36.4 Å². The lowest BCUT2D eigenvalue weighted by Gasteiger charge is -2.38. The van der Waals surface area contributed by atoms with Crippen molar-refractivity contribution in [1.82, 2.24) is 10.7 Å².